The smallest absolute Gasteiger partial charge is 0.197 e. The van der Waals surface area contributed by atoms with E-state index in [9.17, 15) is 14.9 Å². The molecule has 0 fully saturated rings. The quantitative estimate of drug-likeness (QED) is 0.635. The van der Waals surface area contributed by atoms with Gasteiger partial charge >= 0.3 is 0 Å². The van der Waals surface area contributed by atoms with Gasteiger partial charge in [-0.3, -0.25) is 9.59 Å². The molecule has 106 valence electrons. The van der Waals surface area contributed by atoms with Crippen LogP contribution in [0.1, 0.15) is 36.0 Å². The molecular formula is C17H15NO2S. The summed E-state index contributed by atoms with van der Waals surface area (Å²) in [5.74, 6) is -2.11. The highest BCUT2D eigenvalue weighted by atomic mass is 32.1. The summed E-state index contributed by atoms with van der Waals surface area (Å²) in [4.78, 5) is 26.3. The zero-order valence-corrected chi connectivity index (χ0v) is 13.0. The molecule has 0 saturated carbocycles. The average Bonchev–Trinajstić information content (AvgIpc) is 2.86. The molecule has 0 amide bonds. The monoisotopic (exact) mass is 297 g/mol. The molecule has 0 aliphatic rings. The Labute approximate surface area is 127 Å². The zero-order valence-electron chi connectivity index (χ0n) is 12.1. The largest absolute Gasteiger partial charge is 0.292 e. The van der Waals surface area contributed by atoms with Gasteiger partial charge in [-0.25, -0.2) is 0 Å². The molecule has 1 heterocycles. The molecule has 21 heavy (non-hydrogen) atoms. The van der Waals surface area contributed by atoms with Gasteiger partial charge in [0.05, 0.1) is 10.9 Å². The van der Waals surface area contributed by atoms with Crippen molar-refractivity contribution in [1.82, 2.24) is 0 Å². The summed E-state index contributed by atoms with van der Waals surface area (Å²) in [7, 11) is 0. The van der Waals surface area contributed by atoms with Crippen molar-refractivity contribution >= 4 is 22.9 Å². The molecule has 0 spiro atoms. The predicted octanol–water partition coefficient (Wildman–Crippen LogP) is 3.88. The van der Waals surface area contributed by atoms with Gasteiger partial charge in [0.15, 0.2) is 17.5 Å². The summed E-state index contributed by atoms with van der Waals surface area (Å²) in [6.45, 7) is 5.63. The van der Waals surface area contributed by atoms with Crippen LogP contribution in [0.3, 0.4) is 0 Å². The van der Waals surface area contributed by atoms with Gasteiger partial charge in [0, 0.05) is 10.4 Å². The number of Topliss-reactive ketones (excluding diaryl/α,β-unsaturated/α-hetero) is 2. The van der Waals surface area contributed by atoms with E-state index in [0.717, 1.165) is 16.0 Å². The third-order valence-corrected chi connectivity index (χ3v) is 4.30. The second kappa shape index (κ2) is 6.02. The van der Waals surface area contributed by atoms with E-state index >= 15 is 0 Å². The maximum Gasteiger partial charge on any atom is 0.197 e. The molecule has 0 aliphatic heterocycles. The van der Waals surface area contributed by atoms with Crippen molar-refractivity contribution in [3.63, 3.8) is 0 Å². The molecule has 3 nitrogen and oxygen atoms in total. The Morgan fingerprint density at radius 3 is 2.33 bits per heavy atom. The Bertz CT molecular complexity index is 752. The lowest BCUT2D eigenvalue weighted by molar-refractivity contribution is 0.0848. The molecule has 0 radical (unpaired) electrons. The minimum atomic E-state index is -1.27. The number of hydrogen-bond acceptors (Lipinski definition) is 4. The number of hydrogen-bond donors (Lipinski definition) is 0. The lowest BCUT2D eigenvalue weighted by Crippen LogP contribution is -2.23. The third kappa shape index (κ3) is 3.09. The van der Waals surface area contributed by atoms with Gasteiger partial charge in [0.25, 0.3) is 0 Å². The Hall–Kier alpha value is -2.25. The maximum atomic E-state index is 12.5. The molecule has 2 aromatic rings. The van der Waals surface area contributed by atoms with Crippen molar-refractivity contribution in [2.45, 2.75) is 20.8 Å². The number of benzene rings is 1. The molecule has 0 bridgehead atoms. The van der Waals surface area contributed by atoms with Gasteiger partial charge in [0.1, 0.15) is 0 Å². The highest BCUT2D eigenvalue weighted by Crippen LogP contribution is 2.22. The first-order valence-electron chi connectivity index (χ1n) is 6.55. The molecule has 0 aliphatic carbocycles. The number of thiophene rings is 1. The second-order valence-electron chi connectivity index (χ2n) is 5.02. The number of ketones is 2. The highest BCUT2D eigenvalue weighted by molar-refractivity contribution is 7.14. The lowest BCUT2D eigenvalue weighted by atomic mass is 9.91. The Kier molecular flexibility index (Phi) is 4.35. The fourth-order valence-electron chi connectivity index (χ4n) is 2.19. The van der Waals surface area contributed by atoms with Crippen LogP contribution in [0.2, 0.25) is 0 Å². The van der Waals surface area contributed by atoms with E-state index in [1.165, 1.54) is 11.3 Å². The molecule has 1 aromatic carbocycles. The number of carbonyl (C=O) groups excluding carboxylic acids is 2. The Morgan fingerprint density at radius 2 is 1.81 bits per heavy atom. The third-order valence-electron chi connectivity index (χ3n) is 3.28. The minimum absolute atomic E-state index is 0.416. The van der Waals surface area contributed by atoms with Crippen molar-refractivity contribution in [3.8, 4) is 6.07 Å². The maximum absolute atomic E-state index is 12.5. The lowest BCUT2D eigenvalue weighted by Gasteiger charge is -2.09. The minimum Gasteiger partial charge on any atom is -0.292 e. The van der Waals surface area contributed by atoms with E-state index < -0.39 is 17.5 Å². The van der Waals surface area contributed by atoms with Crippen molar-refractivity contribution in [2.75, 3.05) is 0 Å². The van der Waals surface area contributed by atoms with Crippen LogP contribution in [0.15, 0.2) is 30.3 Å². The van der Waals surface area contributed by atoms with E-state index in [1.807, 2.05) is 45.0 Å². The van der Waals surface area contributed by atoms with Crippen LogP contribution in [-0.4, -0.2) is 11.6 Å². The first-order chi connectivity index (χ1) is 9.93. The van der Waals surface area contributed by atoms with Gasteiger partial charge < -0.3 is 0 Å². The summed E-state index contributed by atoms with van der Waals surface area (Å²) in [5.41, 5.74) is 2.27. The molecular weight excluding hydrogens is 282 g/mol. The molecule has 1 unspecified atom stereocenters. The van der Waals surface area contributed by atoms with E-state index in [4.69, 9.17) is 0 Å². The van der Waals surface area contributed by atoms with E-state index in [1.54, 1.807) is 12.1 Å². The normalized spacial score (nSPS) is 11.7. The van der Waals surface area contributed by atoms with Gasteiger partial charge in [-0.15, -0.1) is 11.3 Å². The van der Waals surface area contributed by atoms with Crippen LogP contribution < -0.4 is 0 Å². The first kappa shape index (κ1) is 15.1. The predicted molar refractivity (Wildman–Crippen MR) is 82.7 cm³/mol. The zero-order chi connectivity index (χ0) is 15.6. The summed E-state index contributed by atoms with van der Waals surface area (Å²) in [5, 5.41) is 9.25. The van der Waals surface area contributed by atoms with Gasteiger partial charge in [0.2, 0.25) is 0 Å². The Morgan fingerprint density at radius 1 is 1.10 bits per heavy atom. The summed E-state index contributed by atoms with van der Waals surface area (Å²) < 4.78 is 0. The molecule has 0 saturated heterocycles. The van der Waals surface area contributed by atoms with E-state index in [2.05, 4.69) is 0 Å². The molecule has 2 rings (SSSR count). The van der Waals surface area contributed by atoms with Crippen molar-refractivity contribution in [3.05, 3.63) is 56.8 Å². The molecule has 1 atom stereocenters. The van der Waals surface area contributed by atoms with E-state index in [0.29, 0.717) is 10.4 Å². The topological polar surface area (TPSA) is 57.9 Å². The Balaban J connectivity index is 2.35. The van der Waals surface area contributed by atoms with Crippen LogP contribution in [0.5, 0.6) is 0 Å². The number of rotatable bonds is 4. The van der Waals surface area contributed by atoms with E-state index in [-0.39, 0.29) is 0 Å². The summed E-state index contributed by atoms with van der Waals surface area (Å²) >= 11 is 1.31. The summed E-state index contributed by atoms with van der Waals surface area (Å²) in [6.07, 6.45) is 0. The van der Waals surface area contributed by atoms with Gasteiger partial charge in [-0.2, -0.15) is 5.26 Å². The van der Waals surface area contributed by atoms with Crippen molar-refractivity contribution in [2.24, 2.45) is 5.92 Å². The van der Waals surface area contributed by atoms with Crippen molar-refractivity contribution < 1.29 is 9.59 Å². The van der Waals surface area contributed by atoms with Crippen LogP contribution in [-0.2, 0) is 0 Å². The highest BCUT2D eigenvalue weighted by Gasteiger charge is 2.30. The first-order valence-corrected chi connectivity index (χ1v) is 7.37. The number of nitriles is 1. The fourth-order valence-corrected chi connectivity index (χ4v) is 3.03. The average molecular weight is 297 g/mol. The molecule has 4 heteroatoms. The number of nitrogens with zero attached hydrogens (tertiary/aromatic N) is 1. The number of carbonyl (C=O) groups is 2. The summed E-state index contributed by atoms with van der Waals surface area (Å²) in [6, 6.07) is 10.7. The number of aryl methyl sites for hydroxylation is 3. The SMILES string of the molecule is Cc1ccc(C(=O)C(C#N)C(=O)c2ccc(C)s2)c(C)c1. The molecule has 1 aromatic heterocycles. The van der Waals surface area contributed by atoms with Crippen LogP contribution in [0.25, 0.3) is 0 Å². The molecule has 0 N–H and O–H groups in total. The van der Waals surface area contributed by atoms with Crippen molar-refractivity contribution in [1.29, 1.82) is 5.26 Å². The van der Waals surface area contributed by atoms with Gasteiger partial charge in [-0.1, -0.05) is 23.8 Å². The fraction of sp³-hybridized carbons (Fsp3) is 0.235. The van der Waals surface area contributed by atoms with Gasteiger partial charge in [-0.05, 0) is 38.5 Å². The van der Waals surface area contributed by atoms with Crippen LogP contribution in [0.4, 0.5) is 0 Å². The van der Waals surface area contributed by atoms with Crippen LogP contribution in [0, 0.1) is 38.0 Å². The standard InChI is InChI=1S/C17H15NO2S/c1-10-4-6-13(11(2)8-10)16(19)14(9-18)17(20)15-7-5-12(3)21-15/h4-8,14H,1-3H3. The van der Waals surface area contributed by atoms with Crippen LogP contribution >= 0.6 is 11.3 Å². The second-order valence-corrected chi connectivity index (χ2v) is 6.31.